The highest BCUT2D eigenvalue weighted by Gasteiger charge is 2.05. The fraction of sp³-hybridized carbons (Fsp3) is 0.200. The Kier molecular flexibility index (Phi) is 5.06. The first-order chi connectivity index (χ1) is 11.7. The van der Waals surface area contributed by atoms with Crippen molar-refractivity contribution in [3.05, 3.63) is 77.6 Å². The van der Waals surface area contributed by atoms with E-state index in [1.807, 2.05) is 67.7 Å². The molecule has 4 nitrogen and oxygen atoms in total. The molecule has 2 aromatic carbocycles. The number of benzene rings is 2. The number of carbonyl (C=O) groups is 1. The van der Waals surface area contributed by atoms with Gasteiger partial charge < -0.3 is 10.3 Å². The van der Waals surface area contributed by atoms with E-state index in [0.29, 0.717) is 13.0 Å². The van der Waals surface area contributed by atoms with Crippen LogP contribution in [-0.4, -0.2) is 22.4 Å². The predicted octanol–water partition coefficient (Wildman–Crippen LogP) is 3.29. The van der Waals surface area contributed by atoms with Crippen molar-refractivity contribution in [1.29, 1.82) is 0 Å². The van der Waals surface area contributed by atoms with Gasteiger partial charge in [-0.05, 0) is 12.5 Å². The number of aromatic amines is 1. The van der Waals surface area contributed by atoms with Gasteiger partial charge in [0.2, 0.25) is 5.91 Å². The van der Waals surface area contributed by atoms with Crippen molar-refractivity contribution in [3.63, 3.8) is 0 Å². The van der Waals surface area contributed by atoms with Crippen molar-refractivity contribution in [2.75, 3.05) is 6.54 Å². The summed E-state index contributed by atoms with van der Waals surface area (Å²) in [6.07, 6.45) is 2.98. The summed E-state index contributed by atoms with van der Waals surface area (Å²) in [5.41, 5.74) is 4.29. The summed E-state index contributed by atoms with van der Waals surface area (Å²) in [5.74, 6) is 0.903. The minimum absolute atomic E-state index is 0.0448. The molecule has 0 spiro atoms. The molecular weight excluding hydrogens is 298 g/mol. The second-order valence-corrected chi connectivity index (χ2v) is 5.89. The summed E-state index contributed by atoms with van der Waals surface area (Å²) >= 11 is 0. The molecule has 4 heteroatoms. The molecule has 0 bridgehead atoms. The van der Waals surface area contributed by atoms with Crippen LogP contribution < -0.4 is 5.32 Å². The quantitative estimate of drug-likeness (QED) is 0.732. The lowest BCUT2D eigenvalue weighted by molar-refractivity contribution is -0.120. The van der Waals surface area contributed by atoms with Crippen LogP contribution in [0.4, 0.5) is 0 Å². The topological polar surface area (TPSA) is 57.8 Å². The number of rotatable bonds is 6. The number of hydrogen-bond donors (Lipinski definition) is 2. The van der Waals surface area contributed by atoms with E-state index in [9.17, 15) is 4.79 Å². The first-order valence-corrected chi connectivity index (χ1v) is 8.12. The van der Waals surface area contributed by atoms with Gasteiger partial charge in [-0.1, -0.05) is 60.2 Å². The van der Waals surface area contributed by atoms with E-state index >= 15 is 0 Å². The smallest absolute Gasteiger partial charge is 0.224 e. The zero-order valence-electron chi connectivity index (χ0n) is 13.8. The second kappa shape index (κ2) is 7.59. The molecule has 0 aliphatic rings. The Labute approximate surface area is 142 Å². The van der Waals surface area contributed by atoms with Gasteiger partial charge in [0.05, 0.1) is 6.42 Å². The van der Waals surface area contributed by atoms with Crippen LogP contribution in [0, 0.1) is 6.92 Å². The number of amides is 1. The van der Waals surface area contributed by atoms with Crippen molar-refractivity contribution >= 4 is 5.91 Å². The number of nitrogens with one attached hydrogen (secondary N) is 2. The highest BCUT2D eigenvalue weighted by molar-refractivity contribution is 5.78. The second-order valence-electron chi connectivity index (χ2n) is 5.89. The van der Waals surface area contributed by atoms with Crippen LogP contribution in [0.1, 0.15) is 16.8 Å². The number of imidazole rings is 1. The lowest BCUT2D eigenvalue weighted by Gasteiger charge is -2.05. The number of aryl methyl sites for hydroxylation is 1. The first-order valence-electron chi connectivity index (χ1n) is 8.12. The van der Waals surface area contributed by atoms with Crippen molar-refractivity contribution in [2.24, 2.45) is 0 Å². The molecule has 3 rings (SSSR count). The molecular formula is C20H21N3O. The van der Waals surface area contributed by atoms with Gasteiger partial charge in [-0.2, -0.15) is 0 Å². The van der Waals surface area contributed by atoms with E-state index in [2.05, 4.69) is 15.3 Å². The maximum Gasteiger partial charge on any atom is 0.224 e. The van der Waals surface area contributed by atoms with E-state index < -0.39 is 0 Å². The molecule has 0 saturated carbocycles. The third kappa shape index (κ3) is 4.32. The molecule has 24 heavy (non-hydrogen) atoms. The molecule has 0 aliphatic carbocycles. The zero-order valence-corrected chi connectivity index (χ0v) is 13.8. The van der Waals surface area contributed by atoms with Gasteiger partial charge in [0.1, 0.15) is 5.82 Å². The van der Waals surface area contributed by atoms with Gasteiger partial charge in [0, 0.05) is 30.4 Å². The van der Waals surface area contributed by atoms with E-state index in [1.165, 1.54) is 5.56 Å². The molecule has 1 amide bonds. The number of carbonyl (C=O) groups excluding carboxylic acids is 1. The largest absolute Gasteiger partial charge is 0.355 e. The maximum absolute atomic E-state index is 12.0. The Hall–Kier alpha value is -2.88. The third-order valence-electron chi connectivity index (χ3n) is 3.84. The van der Waals surface area contributed by atoms with E-state index in [1.54, 1.807) is 0 Å². The zero-order chi connectivity index (χ0) is 16.8. The fourth-order valence-electron chi connectivity index (χ4n) is 2.64. The monoisotopic (exact) mass is 319 g/mol. The van der Waals surface area contributed by atoms with Gasteiger partial charge in [-0.25, -0.2) is 4.98 Å². The lowest BCUT2D eigenvalue weighted by atomic mass is 10.1. The van der Waals surface area contributed by atoms with Crippen LogP contribution in [-0.2, 0) is 17.6 Å². The predicted molar refractivity (Wildman–Crippen MR) is 95.6 cm³/mol. The third-order valence-corrected chi connectivity index (χ3v) is 3.84. The summed E-state index contributed by atoms with van der Waals surface area (Å²) < 4.78 is 0. The summed E-state index contributed by atoms with van der Waals surface area (Å²) in [5, 5.41) is 2.96. The molecule has 2 N–H and O–H groups in total. The Bertz CT molecular complexity index is 809. The van der Waals surface area contributed by atoms with Gasteiger partial charge in [0.15, 0.2) is 0 Å². The number of H-pyrrole nitrogens is 1. The molecule has 0 atom stereocenters. The standard InChI is InChI=1S/C20H21N3O/c1-15-6-5-7-16(12-15)13-19(24)21-11-10-18-14-22-20(23-18)17-8-3-2-4-9-17/h2-9,12,14H,10-11,13H2,1H3,(H,21,24)(H,22,23). The average Bonchev–Trinajstić information content (AvgIpc) is 3.04. The van der Waals surface area contributed by atoms with Crippen molar-refractivity contribution < 1.29 is 4.79 Å². The van der Waals surface area contributed by atoms with Crippen LogP contribution in [0.3, 0.4) is 0 Å². The summed E-state index contributed by atoms with van der Waals surface area (Å²) in [6, 6.07) is 18.0. The molecule has 0 aliphatic heterocycles. The molecule has 122 valence electrons. The van der Waals surface area contributed by atoms with Gasteiger partial charge in [0.25, 0.3) is 0 Å². The number of hydrogen-bond acceptors (Lipinski definition) is 2. The van der Waals surface area contributed by atoms with Gasteiger partial charge in [-0.15, -0.1) is 0 Å². The average molecular weight is 319 g/mol. The highest BCUT2D eigenvalue weighted by Crippen LogP contribution is 2.14. The van der Waals surface area contributed by atoms with Crippen molar-refractivity contribution in [2.45, 2.75) is 19.8 Å². The lowest BCUT2D eigenvalue weighted by Crippen LogP contribution is -2.27. The van der Waals surface area contributed by atoms with Crippen LogP contribution in [0.25, 0.3) is 11.4 Å². The molecule has 0 saturated heterocycles. The van der Waals surface area contributed by atoms with Crippen LogP contribution in [0.2, 0.25) is 0 Å². The molecule has 0 unspecified atom stereocenters. The Morgan fingerprint density at radius 3 is 2.75 bits per heavy atom. The highest BCUT2D eigenvalue weighted by atomic mass is 16.1. The molecule has 0 fully saturated rings. The van der Waals surface area contributed by atoms with E-state index in [0.717, 1.165) is 29.1 Å². The molecule has 1 heterocycles. The molecule has 3 aromatic rings. The number of nitrogens with zero attached hydrogens (tertiary/aromatic N) is 1. The van der Waals surface area contributed by atoms with Crippen LogP contribution >= 0.6 is 0 Å². The Balaban J connectivity index is 1.48. The normalized spacial score (nSPS) is 10.5. The Morgan fingerprint density at radius 1 is 1.12 bits per heavy atom. The van der Waals surface area contributed by atoms with Crippen molar-refractivity contribution in [3.8, 4) is 11.4 Å². The SMILES string of the molecule is Cc1cccc(CC(=O)NCCc2cnc(-c3ccccc3)[nH]2)c1. The van der Waals surface area contributed by atoms with Crippen LogP contribution in [0.15, 0.2) is 60.8 Å². The minimum atomic E-state index is 0.0448. The van der Waals surface area contributed by atoms with E-state index in [4.69, 9.17) is 0 Å². The van der Waals surface area contributed by atoms with Crippen molar-refractivity contribution in [1.82, 2.24) is 15.3 Å². The maximum atomic E-state index is 12.0. The van der Waals surface area contributed by atoms with E-state index in [-0.39, 0.29) is 5.91 Å². The van der Waals surface area contributed by atoms with Gasteiger partial charge >= 0.3 is 0 Å². The minimum Gasteiger partial charge on any atom is -0.355 e. The summed E-state index contributed by atoms with van der Waals surface area (Å²) in [6.45, 7) is 2.63. The first kappa shape index (κ1) is 16.0. The summed E-state index contributed by atoms with van der Waals surface area (Å²) in [7, 11) is 0. The fourth-order valence-corrected chi connectivity index (χ4v) is 2.64. The Morgan fingerprint density at radius 2 is 1.96 bits per heavy atom. The van der Waals surface area contributed by atoms with Crippen LogP contribution in [0.5, 0.6) is 0 Å². The molecule has 0 radical (unpaired) electrons. The summed E-state index contributed by atoms with van der Waals surface area (Å²) in [4.78, 5) is 19.7. The van der Waals surface area contributed by atoms with Gasteiger partial charge in [-0.3, -0.25) is 4.79 Å². The molecule has 1 aromatic heterocycles. The number of aromatic nitrogens is 2.